The number of nitrogens with zero attached hydrogens (tertiary/aromatic N) is 1. The van der Waals surface area contributed by atoms with Crippen molar-refractivity contribution in [1.29, 1.82) is 0 Å². The van der Waals surface area contributed by atoms with Gasteiger partial charge in [-0.2, -0.15) is 0 Å². The Balaban J connectivity index is 2.26. The Hall–Kier alpha value is -2.77. The minimum absolute atomic E-state index is 0.220. The quantitative estimate of drug-likeness (QED) is 0.823. The SMILES string of the molecule is CCCc1c(C(=O)NC)ccnc1Nc1ccc(OC(F)(F)F)cc1. The summed E-state index contributed by atoms with van der Waals surface area (Å²) in [6, 6.07) is 6.95. The molecule has 25 heavy (non-hydrogen) atoms. The Bertz CT molecular complexity index is 731. The van der Waals surface area contributed by atoms with Crippen molar-refractivity contribution in [3.05, 3.63) is 47.7 Å². The third-order valence-electron chi connectivity index (χ3n) is 3.38. The van der Waals surface area contributed by atoms with E-state index in [1.54, 1.807) is 13.1 Å². The van der Waals surface area contributed by atoms with Crippen LogP contribution in [-0.2, 0) is 6.42 Å². The van der Waals surface area contributed by atoms with Gasteiger partial charge in [-0.25, -0.2) is 4.98 Å². The van der Waals surface area contributed by atoms with Crippen molar-refractivity contribution in [3.63, 3.8) is 0 Å². The average Bonchev–Trinajstić information content (AvgIpc) is 2.56. The Kier molecular flexibility index (Phi) is 5.84. The van der Waals surface area contributed by atoms with E-state index in [2.05, 4.69) is 20.4 Å². The summed E-state index contributed by atoms with van der Waals surface area (Å²) in [5.74, 6) is -0.0332. The molecule has 0 aliphatic heterocycles. The first-order chi connectivity index (χ1) is 11.8. The predicted octanol–water partition coefficient (Wildman–Crippen LogP) is 4.04. The number of aromatic nitrogens is 1. The molecule has 0 unspecified atom stereocenters. The van der Waals surface area contributed by atoms with E-state index in [-0.39, 0.29) is 11.7 Å². The van der Waals surface area contributed by atoms with Gasteiger partial charge in [-0.05, 0) is 36.8 Å². The van der Waals surface area contributed by atoms with E-state index in [4.69, 9.17) is 0 Å². The molecule has 1 aromatic carbocycles. The van der Waals surface area contributed by atoms with Gasteiger partial charge in [-0.1, -0.05) is 13.3 Å². The molecule has 0 radical (unpaired) electrons. The minimum Gasteiger partial charge on any atom is -0.406 e. The number of amides is 1. The monoisotopic (exact) mass is 353 g/mol. The lowest BCUT2D eigenvalue weighted by atomic mass is 10.0. The van der Waals surface area contributed by atoms with Crippen LogP contribution in [0.2, 0.25) is 0 Å². The lowest BCUT2D eigenvalue weighted by Crippen LogP contribution is -2.20. The maximum absolute atomic E-state index is 12.2. The topological polar surface area (TPSA) is 63.2 Å². The number of anilines is 2. The number of halogens is 3. The van der Waals surface area contributed by atoms with Gasteiger partial charge in [0.05, 0.1) is 0 Å². The molecule has 2 aromatic rings. The molecule has 0 aliphatic carbocycles. The van der Waals surface area contributed by atoms with Crippen LogP contribution in [0, 0.1) is 0 Å². The molecular weight excluding hydrogens is 335 g/mol. The number of alkyl halides is 3. The van der Waals surface area contributed by atoms with Gasteiger partial charge in [0.25, 0.3) is 5.91 Å². The largest absolute Gasteiger partial charge is 0.573 e. The third kappa shape index (κ3) is 5.10. The molecule has 0 aliphatic rings. The van der Waals surface area contributed by atoms with Crippen LogP contribution in [-0.4, -0.2) is 24.3 Å². The Morgan fingerprint density at radius 3 is 2.44 bits per heavy atom. The van der Waals surface area contributed by atoms with Gasteiger partial charge < -0.3 is 15.4 Å². The van der Waals surface area contributed by atoms with Gasteiger partial charge >= 0.3 is 6.36 Å². The Morgan fingerprint density at radius 2 is 1.88 bits per heavy atom. The summed E-state index contributed by atoms with van der Waals surface area (Å²) in [5.41, 5.74) is 1.80. The van der Waals surface area contributed by atoms with Crippen LogP contribution in [0.1, 0.15) is 29.3 Å². The minimum atomic E-state index is -4.73. The maximum atomic E-state index is 12.2. The maximum Gasteiger partial charge on any atom is 0.573 e. The predicted molar refractivity (Wildman–Crippen MR) is 88.0 cm³/mol. The molecule has 0 atom stereocenters. The van der Waals surface area contributed by atoms with Crippen LogP contribution in [0.4, 0.5) is 24.7 Å². The normalized spacial score (nSPS) is 11.1. The van der Waals surface area contributed by atoms with Crippen molar-refractivity contribution in [2.24, 2.45) is 0 Å². The second-order valence-electron chi connectivity index (χ2n) is 5.21. The highest BCUT2D eigenvalue weighted by atomic mass is 19.4. The Morgan fingerprint density at radius 1 is 1.20 bits per heavy atom. The molecule has 134 valence electrons. The van der Waals surface area contributed by atoms with Gasteiger partial charge in [0.2, 0.25) is 0 Å². The molecule has 1 amide bonds. The molecule has 0 saturated carbocycles. The molecular formula is C17H18F3N3O2. The summed E-state index contributed by atoms with van der Waals surface area (Å²) in [6.45, 7) is 1.98. The van der Waals surface area contributed by atoms with E-state index < -0.39 is 6.36 Å². The highest BCUT2D eigenvalue weighted by Gasteiger charge is 2.30. The molecule has 1 aromatic heterocycles. The van der Waals surface area contributed by atoms with Crippen molar-refractivity contribution in [3.8, 4) is 5.75 Å². The molecule has 2 rings (SSSR count). The second-order valence-corrected chi connectivity index (χ2v) is 5.21. The molecule has 0 bridgehead atoms. The standard InChI is InChI=1S/C17H18F3N3O2/c1-3-4-13-14(16(24)21-2)9-10-22-15(13)23-11-5-7-12(8-6-11)25-17(18,19)20/h5-10H,3-4H2,1-2H3,(H,21,24)(H,22,23). The van der Waals surface area contributed by atoms with E-state index >= 15 is 0 Å². The van der Waals surface area contributed by atoms with Gasteiger partial charge in [-0.3, -0.25) is 4.79 Å². The zero-order chi connectivity index (χ0) is 18.4. The summed E-state index contributed by atoms with van der Waals surface area (Å²) in [4.78, 5) is 16.3. The molecule has 1 heterocycles. The van der Waals surface area contributed by atoms with Crippen molar-refractivity contribution < 1.29 is 22.7 Å². The number of hydrogen-bond donors (Lipinski definition) is 2. The molecule has 2 N–H and O–H groups in total. The van der Waals surface area contributed by atoms with E-state index in [1.165, 1.54) is 30.5 Å². The molecule has 0 spiro atoms. The number of carbonyl (C=O) groups excluding carboxylic acids is 1. The van der Waals surface area contributed by atoms with Crippen molar-refractivity contribution >= 4 is 17.4 Å². The van der Waals surface area contributed by atoms with Crippen LogP contribution < -0.4 is 15.4 Å². The van der Waals surface area contributed by atoms with Crippen molar-refractivity contribution in [2.75, 3.05) is 12.4 Å². The first-order valence-electron chi connectivity index (χ1n) is 7.67. The number of nitrogens with one attached hydrogen (secondary N) is 2. The van der Waals surface area contributed by atoms with Crippen LogP contribution in [0.25, 0.3) is 0 Å². The van der Waals surface area contributed by atoms with Gasteiger partial charge in [-0.15, -0.1) is 13.2 Å². The van der Waals surface area contributed by atoms with Crippen LogP contribution in [0.3, 0.4) is 0 Å². The second kappa shape index (κ2) is 7.87. The van der Waals surface area contributed by atoms with Gasteiger partial charge in [0.1, 0.15) is 11.6 Å². The highest BCUT2D eigenvalue weighted by molar-refractivity contribution is 5.96. The molecule has 8 heteroatoms. The number of carbonyl (C=O) groups is 1. The fraction of sp³-hybridized carbons (Fsp3) is 0.294. The number of pyridine rings is 1. The summed E-state index contributed by atoms with van der Waals surface area (Å²) >= 11 is 0. The number of hydrogen-bond acceptors (Lipinski definition) is 4. The van der Waals surface area contributed by atoms with Crippen LogP contribution in [0.15, 0.2) is 36.5 Å². The van der Waals surface area contributed by atoms with Crippen LogP contribution in [0.5, 0.6) is 5.75 Å². The summed E-state index contributed by atoms with van der Waals surface area (Å²) in [7, 11) is 1.55. The molecule has 0 fully saturated rings. The van der Waals surface area contributed by atoms with Crippen molar-refractivity contribution in [1.82, 2.24) is 10.3 Å². The summed E-state index contributed by atoms with van der Waals surface area (Å²) in [5, 5.41) is 5.62. The molecule has 0 saturated heterocycles. The van der Waals surface area contributed by atoms with E-state index in [9.17, 15) is 18.0 Å². The zero-order valence-electron chi connectivity index (χ0n) is 13.8. The lowest BCUT2D eigenvalue weighted by Gasteiger charge is -2.15. The number of rotatable bonds is 6. The van der Waals surface area contributed by atoms with Gasteiger partial charge in [0, 0.05) is 30.1 Å². The smallest absolute Gasteiger partial charge is 0.406 e. The average molecular weight is 353 g/mol. The van der Waals surface area contributed by atoms with E-state index in [0.29, 0.717) is 23.5 Å². The first-order valence-corrected chi connectivity index (χ1v) is 7.67. The summed E-state index contributed by atoms with van der Waals surface area (Å²) in [6.07, 6.45) is -1.78. The van der Waals surface area contributed by atoms with E-state index in [1.807, 2.05) is 6.92 Å². The highest BCUT2D eigenvalue weighted by Crippen LogP contribution is 2.27. The lowest BCUT2D eigenvalue weighted by molar-refractivity contribution is -0.274. The number of benzene rings is 1. The number of ether oxygens (including phenoxy) is 1. The van der Waals surface area contributed by atoms with E-state index in [0.717, 1.165) is 12.0 Å². The molecule has 5 nitrogen and oxygen atoms in total. The third-order valence-corrected chi connectivity index (χ3v) is 3.38. The van der Waals surface area contributed by atoms with Crippen LogP contribution >= 0.6 is 0 Å². The fourth-order valence-electron chi connectivity index (χ4n) is 2.33. The Labute approximate surface area is 143 Å². The van der Waals surface area contributed by atoms with Crippen molar-refractivity contribution in [2.45, 2.75) is 26.1 Å². The fourth-order valence-corrected chi connectivity index (χ4v) is 2.33. The first kappa shape index (κ1) is 18.6. The summed E-state index contributed by atoms with van der Waals surface area (Å²) < 4.78 is 40.4. The zero-order valence-corrected chi connectivity index (χ0v) is 13.8. The van der Waals surface area contributed by atoms with Gasteiger partial charge in [0.15, 0.2) is 0 Å².